The van der Waals surface area contributed by atoms with Crippen LogP contribution in [0.15, 0.2) is 24.3 Å². The Morgan fingerprint density at radius 1 is 1.26 bits per heavy atom. The molecule has 1 aliphatic rings. The smallest absolute Gasteiger partial charge is 0.246 e. The molecule has 1 saturated heterocycles. The van der Waals surface area contributed by atoms with E-state index in [-0.39, 0.29) is 12.0 Å². The fraction of sp³-hybridized carbons (Fsp3) is 0.357. The van der Waals surface area contributed by atoms with E-state index < -0.39 is 0 Å². The SMILES string of the molecule is O=C(/C=C/c1c(Cl)cccc1Cl)N1CCC(O)CC1. The molecule has 102 valence electrons. The van der Waals surface area contributed by atoms with Crippen LogP contribution in [0.5, 0.6) is 0 Å². The summed E-state index contributed by atoms with van der Waals surface area (Å²) in [4.78, 5) is 13.7. The molecule has 1 aromatic carbocycles. The van der Waals surface area contributed by atoms with Gasteiger partial charge in [-0.2, -0.15) is 0 Å². The number of carbonyl (C=O) groups excluding carboxylic acids is 1. The Morgan fingerprint density at radius 3 is 2.42 bits per heavy atom. The van der Waals surface area contributed by atoms with Crippen molar-refractivity contribution in [2.24, 2.45) is 0 Å². The van der Waals surface area contributed by atoms with Gasteiger partial charge in [-0.1, -0.05) is 29.3 Å². The zero-order chi connectivity index (χ0) is 13.8. The summed E-state index contributed by atoms with van der Waals surface area (Å²) >= 11 is 12.0. The van der Waals surface area contributed by atoms with E-state index in [1.807, 2.05) is 0 Å². The normalized spacial score (nSPS) is 17.1. The maximum atomic E-state index is 12.0. The molecular weight excluding hydrogens is 285 g/mol. The summed E-state index contributed by atoms with van der Waals surface area (Å²) in [6.45, 7) is 1.17. The third-order valence-corrected chi connectivity index (χ3v) is 3.83. The van der Waals surface area contributed by atoms with Crippen LogP contribution in [-0.2, 0) is 4.79 Å². The standard InChI is InChI=1S/C14H15Cl2NO2/c15-12-2-1-3-13(16)11(12)4-5-14(19)17-8-6-10(18)7-9-17/h1-5,10,18H,6-9H2/b5-4+. The summed E-state index contributed by atoms with van der Waals surface area (Å²) in [6.07, 6.45) is 4.09. The molecule has 3 nitrogen and oxygen atoms in total. The summed E-state index contributed by atoms with van der Waals surface area (Å²) in [5, 5.41) is 10.4. The lowest BCUT2D eigenvalue weighted by Gasteiger charge is -2.28. The molecule has 0 aromatic heterocycles. The Kier molecular flexibility index (Phi) is 4.86. The third-order valence-electron chi connectivity index (χ3n) is 3.17. The van der Waals surface area contributed by atoms with Gasteiger partial charge in [-0.05, 0) is 31.1 Å². The van der Waals surface area contributed by atoms with Crippen LogP contribution in [0.25, 0.3) is 6.08 Å². The van der Waals surface area contributed by atoms with E-state index in [0.29, 0.717) is 41.5 Å². The van der Waals surface area contributed by atoms with Gasteiger partial charge in [0.05, 0.1) is 6.10 Å². The van der Waals surface area contributed by atoms with E-state index in [1.54, 1.807) is 29.2 Å². The average Bonchev–Trinajstić information content (AvgIpc) is 2.38. The van der Waals surface area contributed by atoms with E-state index in [2.05, 4.69) is 0 Å². The topological polar surface area (TPSA) is 40.5 Å². The molecule has 1 N–H and O–H groups in total. The van der Waals surface area contributed by atoms with Crippen molar-refractivity contribution < 1.29 is 9.90 Å². The molecule has 5 heteroatoms. The molecule has 0 spiro atoms. The highest BCUT2D eigenvalue weighted by Crippen LogP contribution is 2.25. The van der Waals surface area contributed by atoms with Crippen LogP contribution in [0.2, 0.25) is 10.0 Å². The van der Waals surface area contributed by atoms with Gasteiger partial charge in [0.15, 0.2) is 0 Å². The quantitative estimate of drug-likeness (QED) is 0.853. The van der Waals surface area contributed by atoms with Gasteiger partial charge in [-0.25, -0.2) is 0 Å². The minimum Gasteiger partial charge on any atom is -0.393 e. The number of benzene rings is 1. The molecule has 2 rings (SSSR count). The van der Waals surface area contributed by atoms with E-state index in [1.165, 1.54) is 6.08 Å². The Morgan fingerprint density at radius 2 is 1.84 bits per heavy atom. The molecule has 0 bridgehead atoms. The minimum atomic E-state index is -0.286. The lowest BCUT2D eigenvalue weighted by molar-refractivity contribution is -0.127. The molecule has 19 heavy (non-hydrogen) atoms. The van der Waals surface area contributed by atoms with Gasteiger partial charge >= 0.3 is 0 Å². The van der Waals surface area contributed by atoms with Crippen molar-refractivity contribution in [3.63, 3.8) is 0 Å². The molecule has 1 heterocycles. The first kappa shape index (κ1) is 14.4. The number of amides is 1. The van der Waals surface area contributed by atoms with Crippen molar-refractivity contribution in [2.75, 3.05) is 13.1 Å². The van der Waals surface area contributed by atoms with Crippen LogP contribution in [0.4, 0.5) is 0 Å². The van der Waals surface area contributed by atoms with E-state index >= 15 is 0 Å². The van der Waals surface area contributed by atoms with E-state index in [0.717, 1.165) is 0 Å². The number of aliphatic hydroxyl groups is 1. The van der Waals surface area contributed by atoms with E-state index in [9.17, 15) is 9.90 Å². The summed E-state index contributed by atoms with van der Waals surface area (Å²) in [5.74, 6) is -0.0807. The number of likely N-dealkylation sites (tertiary alicyclic amines) is 1. The Hall–Kier alpha value is -1.03. The Labute approximate surface area is 122 Å². The summed E-state index contributed by atoms with van der Waals surface area (Å²) in [7, 11) is 0. The minimum absolute atomic E-state index is 0.0807. The molecule has 0 saturated carbocycles. The fourth-order valence-corrected chi connectivity index (χ4v) is 2.54. The zero-order valence-electron chi connectivity index (χ0n) is 10.4. The number of hydrogen-bond acceptors (Lipinski definition) is 2. The summed E-state index contributed by atoms with van der Waals surface area (Å²) in [5.41, 5.74) is 0.649. The van der Waals surface area contributed by atoms with Crippen LogP contribution in [0.1, 0.15) is 18.4 Å². The van der Waals surface area contributed by atoms with Crippen molar-refractivity contribution in [1.82, 2.24) is 4.90 Å². The van der Waals surface area contributed by atoms with Gasteiger partial charge in [-0.3, -0.25) is 4.79 Å². The second-order valence-electron chi connectivity index (χ2n) is 4.53. The molecule has 1 aliphatic heterocycles. The van der Waals surface area contributed by atoms with Crippen molar-refractivity contribution in [3.05, 3.63) is 39.9 Å². The molecule has 0 atom stereocenters. The van der Waals surface area contributed by atoms with Crippen LogP contribution < -0.4 is 0 Å². The highest BCUT2D eigenvalue weighted by atomic mass is 35.5. The van der Waals surface area contributed by atoms with Crippen molar-refractivity contribution in [3.8, 4) is 0 Å². The van der Waals surface area contributed by atoms with Crippen molar-refractivity contribution in [2.45, 2.75) is 18.9 Å². The Bertz CT molecular complexity index is 474. The lowest BCUT2D eigenvalue weighted by atomic mass is 10.1. The molecule has 0 aliphatic carbocycles. The molecule has 1 fully saturated rings. The van der Waals surface area contributed by atoms with Gasteiger partial charge in [0, 0.05) is 34.8 Å². The average molecular weight is 300 g/mol. The lowest BCUT2D eigenvalue weighted by Crippen LogP contribution is -2.39. The van der Waals surface area contributed by atoms with Crippen LogP contribution in [0.3, 0.4) is 0 Å². The number of rotatable bonds is 2. The zero-order valence-corrected chi connectivity index (χ0v) is 11.9. The largest absolute Gasteiger partial charge is 0.393 e. The van der Waals surface area contributed by atoms with Crippen molar-refractivity contribution in [1.29, 1.82) is 0 Å². The number of nitrogens with zero attached hydrogens (tertiary/aromatic N) is 1. The van der Waals surface area contributed by atoms with Gasteiger partial charge in [0.25, 0.3) is 0 Å². The Balaban J connectivity index is 2.04. The molecular formula is C14H15Cl2NO2. The maximum absolute atomic E-state index is 12.0. The number of aliphatic hydroxyl groups excluding tert-OH is 1. The number of piperidine rings is 1. The van der Waals surface area contributed by atoms with Crippen LogP contribution >= 0.6 is 23.2 Å². The van der Waals surface area contributed by atoms with Gasteiger partial charge in [-0.15, -0.1) is 0 Å². The van der Waals surface area contributed by atoms with Gasteiger partial charge in [0.1, 0.15) is 0 Å². The van der Waals surface area contributed by atoms with Crippen molar-refractivity contribution >= 4 is 35.2 Å². The molecule has 0 unspecified atom stereocenters. The first-order chi connectivity index (χ1) is 9.08. The summed E-state index contributed by atoms with van der Waals surface area (Å²) in [6, 6.07) is 5.22. The van der Waals surface area contributed by atoms with Gasteiger partial charge < -0.3 is 10.0 Å². The van der Waals surface area contributed by atoms with E-state index in [4.69, 9.17) is 23.2 Å². The second kappa shape index (κ2) is 6.42. The monoisotopic (exact) mass is 299 g/mol. The first-order valence-corrected chi connectivity index (χ1v) is 6.92. The number of carbonyl (C=O) groups is 1. The molecule has 1 aromatic rings. The molecule has 0 radical (unpaired) electrons. The predicted molar refractivity (Wildman–Crippen MR) is 77.3 cm³/mol. The second-order valence-corrected chi connectivity index (χ2v) is 5.34. The number of halogens is 2. The molecule has 1 amide bonds. The highest BCUT2D eigenvalue weighted by Gasteiger charge is 2.19. The highest BCUT2D eigenvalue weighted by molar-refractivity contribution is 6.37. The van der Waals surface area contributed by atoms with Crippen LogP contribution in [-0.4, -0.2) is 35.1 Å². The fourth-order valence-electron chi connectivity index (χ4n) is 2.02. The summed E-state index contributed by atoms with van der Waals surface area (Å²) < 4.78 is 0. The number of hydrogen-bond donors (Lipinski definition) is 1. The maximum Gasteiger partial charge on any atom is 0.246 e. The third kappa shape index (κ3) is 3.72. The first-order valence-electron chi connectivity index (χ1n) is 6.17. The predicted octanol–water partition coefficient (Wildman–Crippen LogP) is 2.99. The van der Waals surface area contributed by atoms with Crippen LogP contribution in [0, 0.1) is 0 Å². The van der Waals surface area contributed by atoms with Gasteiger partial charge in [0.2, 0.25) is 5.91 Å².